The Morgan fingerprint density at radius 3 is 3.26 bits per heavy atom. The molecule has 1 aliphatic rings. The van der Waals surface area contributed by atoms with Crippen LogP contribution in [-0.2, 0) is 13.0 Å². The minimum atomic E-state index is -0.0336. The van der Waals surface area contributed by atoms with Crippen LogP contribution in [0.2, 0.25) is 0 Å². The second kappa shape index (κ2) is 5.73. The summed E-state index contributed by atoms with van der Waals surface area (Å²) in [7, 11) is 1.85. The number of amides is 1. The summed E-state index contributed by atoms with van der Waals surface area (Å²) >= 11 is 1.51. The summed E-state index contributed by atoms with van der Waals surface area (Å²) in [6.45, 7) is 1.70. The average Bonchev–Trinajstić information content (AvgIpc) is 3.21. The van der Waals surface area contributed by atoms with Gasteiger partial charge in [0, 0.05) is 39.0 Å². The van der Waals surface area contributed by atoms with E-state index in [1.165, 1.54) is 17.7 Å². The van der Waals surface area contributed by atoms with Gasteiger partial charge in [-0.2, -0.15) is 0 Å². The van der Waals surface area contributed by atoms with E-state index in [2.05, 4.69) is 19.5 Å². The lowest BCUT2D eigenvalue weighted by molar-refractivity contribution is 0.0760. The quantitative estimate of drug-likeness (QED) is 0.740. The van der Waals surface area contributed by atoms with Crippen LogP contribution < -0.4 is 0 Å². The van der Waals surface area contributed by atoms with Crippen LogP contribution in [0.25, 0.3) is 10.2 Å². The van der Waals surface area contributed by atoms with Crippen molar-refractivity contribution in [1.29, 1.82) is 0 Å². The lowest BCUT2D eigenvalue weighted by Gasteiger charge is -2.27. The van der Waals surface area contributed by atoms with E-state index in [-0.39, 0.29) is 5.91 Å². The van der Waals surface area contributed by atoms with Gasteiger partial charge in [0.1, 0.15) is 17.8 Å². The van der Waals surface area contributed by atoms with Crippen LogP contribution in [0.1, 0.15) is 22.7 Å². The van der Waals surface area contributed by atoms with Gasteiger partial charge in [-0.05, 0) is 23.8 Å². The van der Waals surface area contributed by atoms with Gasteiger partial charge in [-0.1, -0.05) is 0 Å². The molecule has 3 aromatic heterocycles. The highest BCUT2D eigenvalue weighted by atomic mass is 32.1. The number of aromatic nitrogens is 4. The molecule has 7 heteroatoms. The Morgan fingerprint density at radius 2 is 2.35 bits per heavy atom. The normalized spacial score (nSPS) is 17.2. The maximum atomic E-state index is 12.7. The number of aryl methyl sites for hydroxylation is 1. The zero-order chi connectivity index (χ0) is 15.8. The topological polar surface area (TPSA) is 63.9 Å². The van der Waals surface area contributed by atoms with Crippen molar-refractivity contribution >= 4 is 27.5 Å². The van der Waals surface area contributed by atoms with Crippen molar-refractivity contribution in [2.24, 2.45) is 5.92 Å². The molecule has 0 aliphatic carbocycles. The summed E-state index contributed by atoms with van der Waals surface area (Å²) in [4.78, 5) is 27.3. The molecule has 3 aromatic rings. The van der Waals surface area contributed by atoms with Gasteiger partial charge in [-0.15, -0.1) is 11.3 Å². The van der Waals surface area contributed by atoms with Crippen LogP contribution in [0.4, 0.5) is 0 Å². The first-order chi connectivity index (χ1) is 11.2. The van der Waals surface area contributed by atoms with E-state index in [1.807, 2.05) is 30.9 Å². The van der Waals surface area contributed by atoms with Crippen LogP contribution in [-0.4, -0.2) is 43.9 Å². The molecule has 0 bridgehead atoms. The Kier molecular flexibility index (Phi) is 3.57. The Labute approximate surface area is 137 Å². The number of fused-ring (bicyclic) bond motifs is 2. The second-order valence-electron chi connectivity index (χ2n) is 5.94. The monoisotopic (exact) mass is 327 g/mol. The van der Waals surface area contributed by atoms with Crippen LogP contribution in [0.5, 0.6) is 0 Å². The van der Waals surface area contributed by atoms with E-state index in [0.717, 1.165) is 42.0 Å². The van der Waals surface area contributed by atoms with Crippen LogP contribution in [0.3, 0.4) is 0 Å². The molecule has 4 heterocycles. The molecule has 0 N–H and O–H groups in total. The molecule has 118 valence electrons. The zero-order valence-corrected chi connectivity index (χ0v) is 13.7. The van der Waals surface area contributed by atoms with E-state index < -0.39 is 0 Å². The Bertz CT molecular complexity index is 855. The van der Waals surface area contributed by atoms with Gasteiger partial charge in [0.25, 0.3) is 5.91 Å². The van der Waals surface area contributed by atoms with Gasteiger partial charge < -0.3 is 9.47 Å². The highest BCUT2D eigenvalue weighted by Gasteiger charge is 2.24. The highest BCUT2D eigenvalue weighted by molar-refractivity contribution is 7.17. The Hall–Kier alpha value is -2.28. The van der Waals surface area contributed by atoms with Crippen molar-refractivity contribution in [3.05, 3.63) is 41.7 Å². The fourth-order valence-corrected chi connectivity index (χ4v) is 3.99. The molecule has 0 radical (unpaired) electrons. The van der Waals surface area contributed by atoms with Crippen molar-refractivity contribution in [3.63, 3.8) is 0 Å². The van der Waals surface area contributed by atoms with Gasteiger partial charge >= 0.3 is 0 Å². The van der Waals surface area contributed by atoms with Crippen molar-refractivity contribution in [1.82, 2.24) is 24.4 Å². The number of rotatable bonds is 3. The number of hydrogen-bond acceptors (Lipinski definition) is 5. The maximum Gasteiger partial charge on any atom is 0.273 e. The van der Waals surface area contributed by atoms with Gasteiger partial charge in [0.15, 0.2) is 0 Å². The minimum Gasteiger partial charge on any atom is -0.340 e. The largest absolute Gasteiger partial charge is 0.340 e. The molecule has 6 nitrogen and oxygen atoms in total. The first-order valence-corrected chi connectivity index (χ1v) is 8.54. The van der Waals surface area contributed by atoms with Gasteiger partial charge in [0.2, 0.25) is 0 Å². The fourth-order valence-electron chi connectivity index (χ4n) is 3.16. The molecule has 0 spiro atoms. The summed E-state index contributed by atoms with van der Waals surface area (Å²) in [5, 5.41) is 1.94. The second-order valence-corrected chi connectivity index (χ2v) is 6.85. The third-order valence-electron chi connectivity index (χ3n) is 4.38. The summed E-state index contributed by atoms with van der Waals surface area (Å²) in [5.41, 5.74) is 1.34. The highest BCUT2D eigenvalue weighted by Crippen LogP contribution is 2.24. The van der Waals surface area contributed by atoms with Crippen LogP contribution in [0.15, 0.2) is 30.2 Å². The van der Waals surface area contributed by atoms with Gasteiger partial charge in [0.05, 0.1) is 10.2 Å². The average molecular weight is 327 g/mol. The summed E-state index contributed by atoms with van der Waals surface area (Å²) in [5.74, 6) is 1.53. The van der Waals surface area contributed by atoms with E-state index >= 15 is 0 Å². The molecule has 1 unspecified atom stereocenters. The number of thiophene rings is 1. The van der Waals surface area contributed by atoms with Crippen molar-refractivity contribution in [2.75, 3.05) is 13.6 Å². The Morgan fingerprint density at radius 1 is 1.43 bits per heavy atom. The third kappa shape index (κ3) is 2.61. The number of carbonyl (C=O) groups is 1. The molecule has 0 saturated heterocycles. The van der Waals surface area contributed by atoms with E-state index in [1.54, 1.807) is 4.90 Å². The van der Waals surface area contributed by atoms with Crippen LogP contribution >= 0.6 is 11.3 Å². The van der Waals surface area contributed by atoms with Crippen LogP contribution in [0, 0.1) is 5.92 Å². The smallest absolute Gasteiger partial charge is 0.273 e. The predicted octanol–water partition coefficient (Wildman–Crippen LogP) is 2.22. The number of imidazole rings is 1. The molecule has 1 amide bonds. The van der Waals surface area contributed by atoms with E-state index in [9.17, 15) is 4.79 Å². The summed E-state index contributed by atoms with van der Waals surface area (Å²) < 4.78 is 3.06. The predicted molar refractivity (Wildman–Crippen MR) is 88.4 cm³/mol. The fraction of sp³-hybridized carbons (Fsp3) is 0.375. The minimum absolute atomic E-state index is 0.0336. The van der Waals surface area contributed by atoms with Crippen molar-refractivity contribution in [3.8, 4) is 0 Å². The molecule has 0 saturated carbocycles. The van der Waals surface area contributed by atoms with Gasteiger partial charge in [-0.25, -0.2) is 15.0 Å². The molecular formula is C16H17N5OS. The number of hydrogen-bond donors (Lipinski definition) is 0. The SMILES string of the molecule is CN(CC1CCn2ccnc2C1)C(=O)c1ncnc2ccsc12. The van der Waals surface area contributed by atoms with E-state index in [4.69, 9.17) is 0 Å². The van der Waals surface area contributed by atoms with Gasteiger partial charge in [-0.3, -0.25) is 4.79 Å². The number of carbonyl (C=O) groups excluding carboxylic acids is 1. The first kappa shape index (κ1) is 14.3. The molecule has 1 aliphatic heterocycles. The standard InChI is InChI=1S/C16H17N5OS/c1-20(9-11-2-5-21-6-4-17-13(21)8-11)16(22)14-15-12(3-7-23-15)18-10-19-14/h3-4,6-7,10-11H,2,5,8-9H2,1H3. The molecule has 1 atom stereocenters. The van der Waals surface area contributed by atoms with Crippen molar-refractivity contribution in [2.45, 2.75) is 19.4 Å². The van der Waals surface area contributed by atoms with E-state index in [0.29, 0.717) is 11.6 Å². The third-order valence-corrected chi connectivity index (χ3v) is 5.29. The molecular weight excluding hydrogens is 310 g/mol. The summed E-state index contributed by atoms with van der Waals surface area (Å²) in [6, 6.07) is 1.92. The molecule has 23 heavy (non-hydrogen) atoms. The summed E-state index contributed by atoms with van der Waals surface area (Å²) in [6.07, 6.45) is 7.32. The molecule has 0 aromatic carbocycles. The Balaban J connectivity index is 1.50. The zero-order valence-electron chi connectivity index (χ0n) is 12.8. The first-order valence-electron chi connectivity index (χ1n) is 7.66. The maximum absolute atomic E-state index is 12.7. The lowest BCUT2D eigenvalue weighted by Crippen LogP contribution is -2.35. The molecule has 0 fully saturated rings. The number of nitrogens with zero attached hydrogens (tertiary/aromatic N) is 5. The molecule has 4 rings (SSSR count). The van der Waals surface area contributed by atoms with Crippen molar-refractivity contribution < 1.29 is 4.79 Å². The lowest BCUT2D eigenvalue weighted by atomic mass is 9.97.